The molecule has 1 atom stereocenters. The summed E-state index contributed by atoms with van der Waals surface area (Å²) in [6, 6.07) is 8.83. The lowest BCUT2D eigenvalue weighted by Gasteiger charge is -2.58. The van der Waals surface area contributed by atoms with Gasteiger partial charge in [0, 0.05) is 32.2 Å². The molecule has 2 aliphatic heterocycles. The molecule has 28 heavy (non-hydrogen) atoms. The van der Waals surface area contributed by atoms with Crippen LogP contribution in [0.2, 0.25) is 0 Å². The van der Waals surface area contributed by atoms with Gasteiger partial charge in [0.15, 0.2) is 0 Å². The molecule has 0 bridgehead atoms. The fourth-order valence-corrected chi connectivity index (χ4v) is 5.84. The van der Waals surface area contributed by atoms with Crippen molar-refractivity contribution in [2.75, 3.05) is 46.5 Å². The molecule has 2 heterocycles. The van der Waals surface area contributed by atoms with Gasteiger partial charge in [-0.25, -0.2) is 0 Å². The molecule has 2 aliphatic carbocycles. The second-order valence-corrected chi connectivity index (χ2v) is 9.17. The van der Waals surface area contributed by atoms with Crippen LogP contribution in [-0.2, 0) is 14.9 Å². The molecule has 152 valence electrons. The van der Waals surface area contributed by atoms with Crippen LogP contribution in [-0.4, -0.2) is 68.3 Å². The number of hydrogen-bond donors (Lipinski definition) is 0. The lowest BCUT2D eigenvalue weighted by atomic mass is 9.58. The highest BCUT2D eigenvalue weighted by molar-refractivity contribution is 5.91. The quantitative estimate of drug-likeness (QED) is 0.801. The van der Waals surface area contributed by atoms with E-state index in [0.717, 1.165) is 63.5 Å². The molecule has 2 saturated carbocycles. The third-order valence-corrected chi connectivity index (χ3v) is 7.96. The van der Waals surface area contributed by atoms with E-state index in [1.807, 2.05) is 12.1 Å². The van der Waals surface area contributed by atoms with Gasteiger partial charge in [0.05, 0.1) is 25.7 Å². The van der Waals surface area contributed by atoms with Crippen molar-refractivity contribution in [2.45, 2.75) is 50.0 Å². The third kappa shape index (κ3) is 2.94. The van der Waals surface area contributed by atoms with Gasteiger partial charge >= 0.3 is 0 Å². The highest BCUT2D eigenvalue weighted by atomic mass is 16.5. The van der Waals surface area contributed by atoms with Crippen molar-refractivity contribution in [3.63, 3.8) is 0 Å². The van der Waals surface area contributed by atoms with Crippen molar-refractivity contribution in [3.05, 3.63) is 29.8 Å². The Hall–Kier alpha value is -1.59. The van der Waals surface area contributed by atoms with E-state index in [1.54, 1.807) is 7.11 Å². The maximum atomic E-state index is 13.4. The average molecular weight is 385 g/mol. The van der Waals surface area contributed by atoms with Crippen LogP contribution >= 0.6 is 0 Å². The minimum absolute atomic E-state index is 0.264. The second kappa shape index (κ2) is 7.03. The molecule has 5 rings (SSSR count). The van der Waals surface area contributed by atoms with Crippen LogP contribution in [0.15, 0.2) is 24.3 Å². The number of morpholine rings is 1. The lowest BCUT2D eigenvalue weighted by molar-refractivity contribution is -0.141. The summed E-state index contributed by atoms with van der Waals surface area (Å²) in [6.07, 6.45) is 6.95. The van der Waals surface area contributed by atoms with Crippen molar-refractivity contribution in [1.82, 2.24) is 9.80 Å². The minimum atomic E-state index is -0.264. The topological polar surface area (TPSA) is 42.0 Å². The molecule has 1 aromatic carbocycles. The highest BCUT2D eigenvalue weighted by Crippen LogP contribution is 2.54. The normalized spacial score (nSPS) is 28.6. The summed E-state index contributed by atoms with van der Waals surface area (Å²) >= 11 is 0. The van der Waals surface area contributed by atoms with E-state index in [9.17, 15) is 4.79 Å². The van der Waals surface area contributed by atoms with Gasteiger partial charge in [-0.15, -0.1) is 0 Å². The summed E-state index contributed by atoms with van der Waals surface area (Å²) in [5, 5.41) is 0. The van der Waals surface area contributed by atoms with Gasteiger partial charge in [0.25, 0.3) is 0 Å². The Balaban J connectivity index is 1.23. The van der Waals surface area contributed by atoms with Gasteiger partial charge < -0.3 is 14.4 Å². The van der Waals surface area contributed by atoms with Crippen LogP contribution in [0.3, 0.4) is 0 Å². The Bertz CT molecular complexity index is 714. The zero-order chi connectivity index (χ0) is 19.2. The third-order valence-electron chi connectivity index (χ3n) is 7.96. The summed E-state index contributed by atoms with van der Waals surface area (Å²) < 4.78 is 10.8. The van der Waals surface area contributed by atoms with E-state index in [4.69, 9.17) is 9.47 Å². The molecule has 2 saturated heterocycles. The van der Waals surface area contributed by atoms with E-state index in [1.165, 1.54) is 25.7 Å². The SMILES string of the molecule is COc1ccc(C2(C(=O)N3CCC4(CCC4N4CCOCC4)CC3)CC2)cc1. The lowest BCUT2D eigenvalue weighted by Crippen LogP contribution is -2.61. The number of likely N-dealkylation sites (tertiary alicyclic amines) is 1. The first-order valence-corrected chi connectivity index (χ1v) is 10.9. The zero-order valence-corrected chi connectivity index (χ0v) is 17.0. The average Bonchev–Trinajstić information content (AvgIpc) is 3.55. The Kier molecular flexibility index (Phi) is 4.63. The molecular formula is C23H32N2O3. The van der Waals surface area contributed by atoms with Crippen LogP contribution in [0.4, 0.5) is 0 Å². The molecule has 0 radical (unpaired) electrons. The molecule has 5 nitrogen and oxygen atoms in total. The molecule has 0 N–H and O–H groups in total. The first kappa shape index (κ1) is 18.4. The van der Waals surface area contributed by atoms with E-state index in [2.05, 4.69) is 21.9 Å². The number of carbonyl (C=O) groups excluding carboxylic acids is 1. The van der Waals surface area contributed by atoms with Gasteiger partial charge in [-0.3, -0.25) is 9.69 Å². The number of carbonyl (C=O) groups is 1. The molecule has 4 fully saturated rings. The number of hydrogen-bond acceptors (Lipinski definition) is 4. The first-order chi connectivity index (χ1) is 13.7. The maximum Gasteiger partial charge on any atom is 0.233 e. The summed E-state index contributed by atoms with van der Waals surface area (Å²) in [4.78, 5) is 18.2. The van der Waals surface area contributed by atoms with E-state index >= 15 is 0 Å². The number of methoxy groups -OCH3 is 1. The van der Waals surface area contributed by atoms with E-state index < -0.39 is 0 Å². The van der Waals surface area contributed by atoms with Crippen LogP contribution in [0.25, 0.3) is 0 Å². The molecule has 5 heteroatoms. The highest BCUT2D eigenvalue weighted by Gasteiger charge is 2.56. The molecule has 1 aromatic rings. The smallest absolute Gasteiger partial charge is 0.233 e. The Labute approximate surface area is 168 Å². The molecule has 1 unspecified atom stereocenters. The molecule has 1 amide bonds. The minimum Gasteiger partial charge on any atom is -0.497 e. The predicted molar refractivity (Wildman–Crippen MR) is 108 cm³/mol. The van der Waals surface area contributed by atoms with Gasteiger partial charge in [-0.05, 0) is 61.6 Å². The van der Waals surface area contributed by atoms with E-state index in [-0.39, 0.29) is 5.41 Å². The zero-order valence-electron chi connectivity index (χ0n) is 17.0. The van der Waals surface area contributed by atoms with Crippen LogP contribution < -0.4 is 4.74 Å². The summed E-state index contributed by atoms with van der Waals surface area (Å²) in [5.74, 6) is 1.21. The van der Waals surface area contributed by atoms with Crippen molar-refractivity contribution < 1.29 is 14.3 Å². The van der Waals surface area contributed by atoms with Gasteiger partial charge in [0.1, 0.15) is 5.75 Å². The van der Waals surface area contributed by atoms with Gasteiger partial charge in [-0.2, -0.15) is 0 Å². The number of amides is 1. The maximum absolute atomic E-state index is 13.4. The van der Waals surface area contributed by atoms with Crippen molar-refractivity contribution in [3.8, 4) is 5.75 Å². The van der Waals surface area contributed by atoms with Crippen LogP contribution in [0, 0.1) is 5.41 Å². The summed E-state index contributed by atoms with van der Waals surface area (Å²) in [6.45, 7) is 5.77. The monoisotopic (exact) mass is 384 g/mol. The Morgan fingerprint density at radius 3 is 2.21 bits per heavy atom. The first-order valence-electron chi connectivity index (χ1n) is 10.9. The largest absolute Gasteiger partial charge is 0.497 e. The van der Waals surface area contributed by atoms with Crippen molar-refractivity contribution in [1.29, 1.82) is 0 Å². The molecule has 1 spiro atoms. The van der Waals surface area contributed by atoms with Crippen molar-refractivity contribution >= 4 is 5.91 Å². The molecule has 4 aliphatic rings. The van der Waals surface area contributed by atoms with Crippen LogP contribution in [0.1, 0.15) is 44.1 Å². The number of benzene rings is 1. The number of nitrogens with zero attached hydrogens (tertiary/aromatic N) is 2. The van der Waals surface area contributed by atoms with Crippen LogP contribution in [0.5, 0.6) is 5.75 Å². The number of rotatable bonds is 4. The van der Waals surface area contributed by atoms with Gasteiger partial charge in [-0.1, -0.05) is 12.1 Å². The summed E-state index contributed by atoms with van der Waals surface area (Å²) in [7, 11) is 1.68. The van der Waals surface area contributed by atoms with Crippen molar-refractivity contribution in [2.24, 2.45) is 5.41 Å². The Morgan fingerprint density at radius 2 is 1.68 bits per heavy atom. The standard InChI is InChI=1S/C23H32N2O3/c1-27-19-4-2-18(3-5-19)23(8-9-23)21(26)25-12-10-22(11-13-25)7-6-20(22)24-14-16-28-17-15-24/h2-5,20H,6-17H2,1H3. The fourth-order valence-electron chi connectivity index (χ4n) is 5.84. The van der Waals surface area contributed by atoms with E-state index in [0.29, 0.717) is 17.4 Å². The predicted octanol–water partition coefficient (Wildman–Crippen LogP) is 2.83. The summed E-state index contributed by atoms with van der Waals surface area (Å²) in [5.41, 5.74) is 1.35. The molecule has 0 aromatic heterocycles. The Morgan fingerprint density at radius 1 is 1.00 bits per heavy atom. The fraction of sp³-hybridized carbons (Fsp3) is 0.696. The number of piperidine rings is 1. The second-order valence-electron chi connectivity index (χ2n) is 9.17. The van der Waals surface area contributed by atoms with Gasteiger partial charge in [0.2, 0.25) is 5.91 Å². The molecular weight excluding hydrogens is 352 g/mol. The number of ether oxygens (including phenoxy) is 2.